The van der Waals surface area contributed by atoms with Gasteiger partial charge in [-0.2, -0.15) is 0 Å². The molecule has 0 aliphatic carbocycles. The minimum Gasteiger partial charge on any atom is -0.508 e. The summed E-state index contributed by atoms with van der Waals surface area (Å²) in [6.07, 6.45) is 3.04. The van der Waals surface area contributed by atoms with Crippen LogP contribution >= 0.6 is 0 Å². The lowest BCUT2D eigenvalue weighted by Crippen LogP contribution is -2.09. The second-order valence-electron chi connectivity index (χ2n) is 7.24. The molecule has 0 amide bonds. The fourth-order valence-electron chi connectivity index (χ4n) is 3.61. The van der Waals surface area contributed by atoms with Gasteiger partial charge in [-0.25, -0.2) is 9.59 Å². The van der Waals surface area contributed by atoms with Crippen molar-refractivity contribution in [2.45, 2.75) is 6.42 Å². The van der Waals surface area contributed by atoms with Crippen LogP contribution in [0.5, 0.6) is 11.5 Å². The lowest BCUT2D eigenvalue weighted by atomic mass is 9.93. The third-order valence-electron chi connectivity index (χ3n) is 5.16. The van der Waals surface area contributed by atoms with Gasteiger partial charge in [-0.15, -0.1) is 0 Å². The summed E-state index contributed by atoms with van der Waals surface area (Å²) < 4.78 is 10.7. The number of carboxylic acids is 1. The fraction of sp³-hybridized carbons (Fsp3) is 0.0769. The van der Waals surface area contributed by atoms with Crippen LogP contribution in [-0.4, -0.2) is 23.3 Å². The minimum absolute atomic E-state index is 0.0124. The molecule has 0 fully saturated rings. The molecule has 1 heterocycles. The molecule has 4 rings (SSSR count). The van der Waals surface area contributed by atoms with Gasteiger partial charge in [0.1, 0.15) is 17.1 Å². The molecule has 6 heteroatoms. The second-order valence-corrected chi connectivity index (χ2v) is 7.24. The largest absolute Gasteiger partial charge is 0.508 e. The van der Waals surface area contributed by atoms with Gasteiger partial charge in [-0.1, -0.05) is 36.4 Å². The van der Waals surface area contributed by atoms with E-state index < -0.39 is 11.6 Å². The van der Waals surface area contributed by atoms with E-state index in [0.717, 1.165) is 28.2 Å². The van der Waals surface area contributed by atoms with Gasteiger partial charge < -0.3 is 19.4 Å². The van der Waals surface area contributed by atoms with Gasteiger partial charge in [0.05, 0.1) is 12.7 Å². The van der Waals surface area contributed by atoms with E-state index in [1.807, 2.05) is 24.3 Å². The SMILES string of the molecule is COc1ccc(-c2c(Cc3ccc(/C=C/C(=O)O)cc3)c3ccc(O)cc3oc2=O)cc1. The summed E-state index contributed by atoms with van der Waals surface area (Å²) in [7, 11) is 1.58. The van der Waals surface area contributed by atoms with Crippen molar-refractivity contribution in [3.8, 4) is 22.6 Å². The second kappa shape index (κ2) is 8.81. The molecule has 0 aliphatic heterocycles. The zero-order valence-electron chi connectivity index (χ0n) is 17.2. The summed E-state index contributed by atoms with van der Waals surface area (Å²) in [6, 6.07) is 19.3. The molecule has 3 aromatic carbocycles. The Bertz CT molecular complexity index is 1360. The molecule has 0 spiro atoms. The Balaban J connectivity index is 1.84. The first kappa shape index (κ1) is 20.9. The lowest BCUT2D eigenvalue weighted by Gasteiger charge is -2.13. The monoisotopic (exact) mass is 428 g/mol. The molecule has 6 nitrogen and oxygen atoms in total. The molecule has 0 atom stereocenters. The van der Waals surface area contributed by atoms with Crippen molar-refractivity contribution >= 4 is 23.0 Å². The number of carbonyl (C=O) groups is 1. The normalized spacial score (nSPS) is 11.2. The van der Waals surface area contributed by atoms with E-state index in [0.29, 0.717) is 28.9 Å². The number of aliphatic carboxylic acids is 1. The third kappa shape index (κ3) is 4.39. The Kier molecular flexibility index (Phi) is 5.77. The van der Waals surface area contributed by atoms with Crippen molar-refractivity contribution in [1.82, 2.24) is 0 Å². The zero-order valence-corrected chi connectivity index (χ0v) is 17.2. The van der Waals surface area contributed by atoms with Crippen molar-refractivity contribution in [2.24, 2.45) is 0 Å². The van der Waals surface area contributed by atoms with Crippen LogP contribution in [-0.2, 0) is 11.2 Å². The zero-order chi connectivity index (χ0) is 22.7. The van der Waals surface area contributed by atoms with Crippen molar-refractivity contribution in [2.75, 3.05) is 7.11 Å². The van der Waals surface area contributed by atoms with Crippen LogP contribution in [0, 0.1) is 0 Å². The van der Waals surface area contributed by atoms with Crippen LogP contribution in [0.3, 0.4) is 0 Å². The molecule has 32 heavy (non-hydrogen) atoms. The van der Waals surface area contributed by atoms with Crippen LogP contribution in [0.15, 0.2) is 82.0 Å². The highest BCUT2D eigenvalue weighted by Gasteiger charge is 2.17. The number of aromatic hydroxyl groups is 1. The van der Waals surface area contributed by atoms with Gasteiger partial charge in [-0.3, -0.25) is 0 Å². The third-order valence-corrected chi connectivity index (χ3v) is 5.16. The van der Waals surface area contributed by atoms with E-state index in [-0.39, 0.29) is 5.75 Å². The number of ether oxygens (including phenoxy) is 1. The van der Waals surface area contributed by atoms with Gasteiger partial charge >= 0.3 is 11.6 Å². The molecular formula is C26H20O6. The number of methoxy groups -OCH3 is 1. The number of benzene rings is 3. The molecule has 0 saturated heterocycles. The highest BCUT2D eigenvalue weighted by Crippen LogP contribution is 2.32. The maximum atomic E-state index is 13.0. The van der Waals surface area contributed by atoms with Gasteiger partial charge in [0.2, 0.25) is 0 Å². The van der Waals surface area contributed by atoms with Crippen LogP contribution in [0.1, 0.15) is 16.7 Å². The smallest absolute Gasteiger partial charge is 0.344 e. The molecule has 0 aliphatic rings. The van der Waals surface area contributed by atoms with Crippen LogP contribution in [0.4, 0.5) is 0 Å². The Morgan fingerprint density at radius 1 is 1.03 bits per heavy atom. The average molecular weight is 428 g/mol. The summed E-state index contributed by atoms with van der Waals surface area (Å²) in [4.78, 5) is 23.7. The van der Waals surface area contributed by atoms with Crippen molar-refractivity contribution < 1.29 is 24.2 Å². The predicted octanol–water partition coefficient (Wildman–Crippen LogP) is 4.86. The van der Waals surface area contributed by atoms with E-state index >= 15 is 0 Å². The Hall–Kier alpha value is -4.32. The van der Waals surface area contributed by atoms with Crippen molar-refractivity contribution in [1.29, 1.82) is 0 Å². The molecule has 0 bridgehead atoms. The summed E-state index contributed by atoms with van der Waals surface area (Å²) in [5, 5.41) is 19.4. The van der Waals surface area contributed by atoms with E-state index in [9.17, 15) is 14.7 Å². The Morgan fingerprint density at radius 3 is 2.41 bits per heavy atom. The summed E-state index contributed by atoms with van der Waals surface area (Å²) in [5.41, 5.74) is 3.43. The number of hydrogen-bond donors (Lipinski definition) is 2. The Morgan fingerprint density at radius 2 is 1.75 bits per heavy atom. The van der Waals surface area contributed by atoms with Gasteiger partial charge in [0, 0.05) is 17.5 Å². The highest BCUT2D eigenvalue weighted by atomic mass is 16.5. The molecule has 2 N–H and O–H groups in total. The predicted molar refractivity (Wildman–Crippen MR) is 122 cm³/mol. The first-order chi connectivity index (χ1) is 15.4. The van der Waals surface area contributed by atoms with E-state index in [1.165, 1.54) is 12.1 Å². The Labute approximate surface area is 183 Å². The number of hydrogen-bond acceptors (Lipinski definition) is 5. The quantitative estimate of drug-likeness (QED) is 0.336. The summed E-state index contributed by atoms with van der Waals surface area (Å²) in [6.45, 7) is 0. The minimum atomic E-state index is -1.01. The topological polar surface area (TPSA) is 97.0 Å². The first-order valence-corrected chi connectivity index (χ1v) is 9.87. The number of phenolic OH excluding ortho intramolecular Hbond substituents is 1. The standard InChI is InChI=1S/C26H20O6/c1-31-20-10-7-18(8-11-20)25-22(21-12-9-19(27)15-23(21)32-26(25)30)14-17-4-2-16(3-5-17)6-13-24(28)29/h2-13,15,27H,14H2,1H3,(H,28,29)/b13-6+. The number of rotatable bonds is 6. The molecule has 4 aromatic rings. The van der Waals surface area contributed by atoms with Gasteiger partial charge in [0.25, 0.3) is 0 Å². The number of fused-ring (bicyclic) bond motifs is 1. The maximum Gasteiger partial charge on any atom is 0.344 e. The fourth-order valence-corrected chi connectivity index (χ4v) is 3.61. The van der Waals surface area contributed by atoms with E-state index in [1.54, 1.807) is 43.5 Å². The van der Waals surface area contributed by atoms with Crippen molar-refractivity contribution in [3.05, 3.63) is 99.9 Å². The molecule has 1 aromatic heterocycles. The number of phenols is 1. The molecular weight excluding hydrogens is 408 g/mol. The average Bonchev–Trinajstić information content (AvgIpc) is 2.78. The summed E-state index contributed by atoms with van der Waals surface area (Å²) >= 11 is 0. The van der Waals surface area contributed by atoms with E-state index in [4.69, 9.17) is 14.3 Å². The molecule has 0 radical (unpaired) electrons. The van der Waals surface area contributed by atoms with Crippen molar-refractivity contribution in [3.63, 3.8) is 0 Å². The molecule has 160 valence electrons. The van der Waals surface area contributed by atoms with Gasteiger partial charge in [-0.05, 0) is 59.0 Å². The van der Waals surface area contributed by atoms with E-state index in [2.05, 4.69) is 0 Å². The maximum absolute atomic E-state index is 13.0. The molecule has 0 saturated carbocycles. The van der Waals surface area contributed by atoms with Gasteiger partial charge in [0.15, 0.2) is 0 Å². The molecule has 0 unspecified atom stereocenters. The first-order valence-electron chi connectivity index (χ1n) is 9.87. The lowest BCUT2D eigenvalue weighted by molar-refractivity contribution is -0.131. The van der Waals surface area contributed by atoms with Crippen LogP contribution in [0.25, 0.3) is 28.2 Å². The number of carboxylic acid groups (broad SMARTS) is 1. The highest BCUT2D eigenvalue weighted by molar-refractivity contribution is 5.88. The van der Waals surface area contributed by atoms with Crippen LogP contribution < -0.4 is 10.4 Å². The van der Waals surface area contributed by atoms with Crippen LogP contribution in [0.2, 0.25) is 0 Å². The summed E-state index contributed by atoms with van der Waals surface area (Å²) in [5.74, 6) is -0.322.